The molecular weight excluding hydrogens is 1020 g/mol. The minimum atomic E-state index is -0.854. The highest BCUT2D eigenvalue weighted by Gasteiger charge is 2.19. The van der Waals surface area contributed by atoms with Gasteiger partial charge in [0, 0.05) is 12.8 Å². The molecule has 0 saturated heterocycles. The molecule has 0 aromatic carbocycles. The van der Waals surface area contributed by atoms with E-state index in [0.29, 0.717) is 12.8 Å². The highest BCUT2D eigenvalue weighted by atomic mass is 16.6. The molecule has 6 nitrogen and oxygen atoms in total. The molecule has 1 atom stereocenters. The Labute approximate surface area is 512 Å². The first-order valence-corrected chi connectivity index (χ1v) is 34.3. The fourth-order valence-corrected chi connectivity index (χ4v) is 9.29. The summed E-state index contributed by atoms with van der Waals surface area (Å²) in [7, 11) is 0. The van der Waals surface area contributed by atoms with Crippen molar-refractivity contribution in [1.29, 1.82) is 0 Å². The van der Waals surface area contributed by atoms with Gasteiger partial charge in [-0.2, -0.15) is 0 Å². The molecule has 0 aliphatic rings. The lowest BCUT2D eigenvalue weighted by Crippen LogP contribution is -2.30. The highest BCUT2D eigenvalue weighted by molar-refractivity contribution is 5.72. The minimum Gasteiger partial charge on any atom is -0.462 e. The van der Waals surface area contributed by atoms with E-state index in [1.807, 2.05) is 6.08 Å². The third-order valence-electron chi connectivity index (χ3n) is 14.3. The zero-order valence-electron chi connectivity index (χ0n) is 53.9. The van der Waals surface area contributed by atoms with Gasteiger partial charge in [0.25, 0.3) is 0 Å². The Morgan fingerprint density at radius 2 is 0.530 bits per heavy atom. The molecule has 470 valence electrons. The van der Waals surface area contributed by atoms with Gasteiger partial charge in [-0.05, 0) is 116 Å². The summed E-state index contributed by atoms with van der Waals surface area (Å²) < 4.78 is 16.8. The standard InChI is InChI=1S/C77H126O6/c1-4-7-10-13-16-19-22-25-28-30-31-32-33-34-35-36-37-38-39-40-41-42-43-44-45-47-49-52-55-58-61-64-67-70-76(79)82-73-74(72-81-75(78)69-66-63-60-57-54-51-48-27-24-21-18-15-12-9-6-3)83-77(80)71-68-65-62-59-56-53-50-46-29-26-23-20-17-14-11-8-5-2/h8-9,11-12,17-18,20-22,25-27,29-31,48,50,53-54,57,59,62-63,66,74H,4-7,10,13-16,19,23-24,28,32-47,49,51-52,55-56,58,60-61,64-65,67-73H2,1-3H3/b11-8-,12-9-,20-17-,21-18-,25-22-,29-26-,31-30-,48-27-,53-50-,57-54-,62-59-,66-63-. The van der Waals surface area contributed by atoms with Crippen LogP contribution in [0.3, 0.4) is 0 Å². The molecule has 0 heterocycles. The Hall–Kier alpha value is -4.71. The van der Waals surface area contributed by atoms with Gasteiger partial charge in [-0.3, -0.25) is 14.4 Å². The first kappa shape index (κ1) is 78.3. The van der Waals surface area contributed by atoms with E-state index in [2.05, 4.69) is 154 Å². The number of hydrogen-bond donors (Lipinski definition) is 0. The normalized spacial score (nSPS) is 13.0. The Bertz CT molecular complexity index is 1800. The summed E-state index contributed by atoms with van der Waals surface area (Å²) in [5.41, 5.74) is 0. The number of allylic oxidation sites excluding steroid dienone is 23. The van der Waals surface area contributed by atoms with Crippen LogP contribution < -0.4 is 0 Å². The Kier molecular flexibility index (Phi) is 65.8. The van der Waals surface area contributed by atoms with Gasteiger partial charge in [0.1, 0.15) is 13.2 Å². The maximum absolute atomic E-state index is 12.9. The lowest BCUT2D eigenvalue weighted by molar-refractivity contribution is -0.166. The molecule has 0 bridgehead atoms. The number of carbonyl (C=O) groups excluding carboxylic acids is 3. The molecule has 0 saturated carbocycles. The molecule has 0 radical (unpaired) electrons. The van der Waals surface area contributed by atoms with Crippen LogP contribution in [0.15, 0.2) is 146 Å². The zero-order chi connectivity index (χ0) is 59.9. The van der Waals surface area contributed by atoms with Gasteiger partial charge in [0.2, 0.25) is 0 Å². The molecule has 0 aromatic rings. The maximum atomic E-state index is 12.9. The predicted molar refractivity (Wildman–Crippen MR) is 362 cm³/mol. The third-order valence-corrected chi connectivity index (χ3v) is 14.3. The van der Waals surface area contributed by atoms with Crippen molar-refractivity contribution in [2.75, 3.05) is 13.2 Å². The first-order chi connectivity index (χ1) is 41.0. The number of carbonyl (C=O) groups is 3. The number of hydrogen-bond acceptors (Lipinski definition) is 6. The summed E-state index contributed by atoms with van der Waals surface area (Å²) in [5.74, 6) is -1.12. The summed E-state index contributed by atoms with van der Waals surface area (Å²) in [6.45, 7) is 6.28. The Balaban J connectivity index is 4.30. The van der Waals surface area contributed by atoms with Crippen LogP contribution in [0.1, 0.15) is 303 Å². The zero-order valence-corrected chi connectivity index (χ0v) is 53.9. The van der Waals surface area contributed by atoms with E-state index in [4.69, 9.17) is 14.2 Å². The Morgan fingerprint density at radius 1 is 0.265 bits per heavy atom. The largest absolute Gasteiger partial charge is 0.462 e. The Morgan fingerprint density at radius 3 is 0.880 bits per heavy atom. The molecule has 0 N–H and O–H groups in total. The molecule has 0 aromatic heterocycles. The van der Waals surface area contributed by atoms with Gasteiger partial charge < -0.3 is 14.2 Å². The monoisotopic (exact) mass is 1150 g/mol. The van der Waals surface area contributed by atoms with Crippen molar-refractivity contribution in [2.45, 2.75) is 309 Å². The second kappa shape index (κ2) is 69.8. The van der Waals surface area contributed by atoms with E-state index in [0.717, 1.165) is 96.3 Å². The van der Waals surface area contributed by atoms with Crippen molar-refractivity contribution in [3.8, 4) is 0 Å². The molecule has 1 unspecified atom stereocenters. The van der Waals surface area contributed by atoms with E-state index in [-0.39, 0.29) is 32.0 Å². The summed E-state index contributed by atoms with van der Waals surface area (Å²) in [4.78, 5) is 38.2. The molecule has 0 aliphatic carbocycles. The summed E-state index contributed by atoms with van der Waals surface area (Å²) in [5, 5.41) is 0. The van der Waals surface area contributed by atoms with Crippen LogP contribution in [-0.4, -0.2) is 37.2 Å². The predicted octanol–water partition coefficient (Wildman–Crippen LogP) is 23.9. The number of ether oxygens (including phenoxy) is 3. The summed E-state index contributed by atoms with van der Waals surface area (Å²) >= 11 is 0. The average molecular weight is 1150 g/mol. The highest BCUT2D eigenvalue weighted by Crippen LogP contribution is 2.17. The van der Waals surface area contributed by atoms with Gasteiger partial charge in [0.15, 0.2) is 6.10 Å². The topological polar surface area (TPSA) is 78.9 Å². The molecule has 6 heteroatoms. The van der Waals surface area contributed by atoms with Crippen molar-refractivity contribution in [3.63, 3.8) is 0 Å². The van der Waals surface area contributed by atoms with E-state index < -0.39 is 18.0 Å². The lowest BCUT2D eigenvalue weighted by atomic mass is 10.0. The molecule has 83 heavy (non-hydrogen) atoms. The van der Waals surface area contributed by atoms with E-state index in [1.54, 1.807) is 6.08 Å². The van der Waals surface area contributed by atoms with Crippen LogP contribution in [-0.2, 0) is 28.6 Å². The summed E-state index contributed by atoms with van der Waals surface area (Å²) in [6.07, 6.45) is 101. The third kappa shape index (κ3) is 68.0. The number of esters is 3. The first-order valence-electron chi connectivity index (χ1n) is 34.3. The number of unbranched alkanes of at least 4 members (excludes halogenated alkanes) is 27. The van der Waals surface area contributed by atoms with Crippen LogP contribution in [0.25, 0.3) is 0 Å². The molecule has 0 fully saturated rings. The smallest absolute Gasteiger partial charge is 0.309 e. The van der Waals surface area contributed by atoms with E-state index >= 15 is 0 Å². The van der Waals surface area contributed by atoms with Crippen LogP contribution in [0, 0.1) is 0 Å². The van der Waals surface area contributed by atoms with Crippen LogP contribution in [0.4, 0.5) is 0 Å². The number of rotatable bonds is 61. The van der Waals surface area contributed by atoms with Gasteiger partial charge >= 0.3 is 17.9 Å². The van der Waals surface area contributed by atoms with Crippen molar-refractivity contribution in [1.82, 2.24) is 0 Å². The fraction of sp³-hybridized carbons (Fsp3) is 0.649. The van der Waals surface area contributed by atoms with Gasteiger partial charge in [0.05, 0.1) is 6.42 Å². The van der Waals surface area contributed by atoms with Crippen LogP contribution >= 0.6 is 0 Å². The minimum absolute atomic E-state index is 0.110. The quantitative estimate of drug-likeness (QED) is 0.0261. The van der Waals surface area contributed by atoms with Gasteiger partial charge in [-0.15, -0.1) is 0 Å². The van der Waals surface area contributed by atoms with Gasteiger partial charge in [-0.1, -0.05) is 314 Å². The lowest BCUT2D eigenvalue weighted by Gasteiger charge is -2.18. The van der Waals surface area contributed by atoms with E-state index in [9.17, 15) is 14.4 Å². The van der Waals surface area contributed by atoms with Crippen LogP contribution in [0.2, 0.25) is 0 Å². The molecule has 0 rings (SSSR count). The van der Waals surface area contributed by atoms with Crippen LogP contribution in [0.5, 0.6) is 0 Å². The summed E-state index contributed by atoms with van der Waals surface area (Å²) in [6, 6.07) is 0. The molecule has 0 amide bonds. The maximum Gasteiger partial charge on any atom is 0.309 e. The SMILES string of the molecule is CC/C=C\C/C=C\C/C=C\C/C=C\C/C=C\CCCC(=O)OC(COC(=O)C/C=C\C/C=C\C/C=C\C/C=C\C/C=C\CC)COC(=O)CCCCCCCCCCCCCCCCCCCCCCC/C=C\C/C=C\CCCCCCC. The van der Waals surface area contributed by atoms with E-state index in [1.165, 1.54) is 161 Å². The second-order valence-electron chi connectivity index (χ2n) is 22.3. The molecular formula is C77H126O6. The van der Waals surface area contributed by atoms with Crippen molar-refractivity contribution >= 4 is 17.9 Å². The van der Waals surface area contributed by atoms with Crippen molar-refractivity contribution in [3.05, 3.63) is 146 Å². The van der Waals surface area contributed by atoms with Gasteiger partial charge in [-0.25, -0.2) is 0 Å². The van der Waals surface area contributed by atoms with Crippen molar-refractivity contribution in [2.24, 2.45) is 0 Å². The molecule has 0 spiro atoms. The fourth-order valence-electron chi connectivity index (χ4n) is 9.29. The van der Waals surface area contributed by atoms with Crippen molar-refractivity contribution < 1.29 is 28.6 Å². The second-order valence-corrected chi connectivity index (χ2v) is 22.3. The average Bonchev–Trinajstić information content (AvgIpc) is 3.49. The molecule has 0 aliphatic heterocycles.